The predicted octanol–water partition coefficient (Wildman–Crippen LogP) is 4.81. The molecule has 1 aliphatic rings. The fraction of sp³-hybridized carbons (Fsp3) is 0.207. The Morgan fingerprint density at radius 2 is 1.56 bits per heavy atom. The van der Waals surface area contributed by atoms with Crippen LogP contribution in [0.15, 0.2) is 72.3 Å². The number of carbonyl (C=O) groups excluding carboxylic acids is 3. The number of phenolic OH excluding ortho intramolecular Hbond substituents is 1. The van der Waals surface area contributed by atoms with Gasteiger partial charge >= 0.3 is 5.97 Å². The molecular weight excluding hydrogens is 458 g/mol. The first-order valence-electron chi connectivity index (χ1n) is 11.6. The first-order chi connectivity index (χ1) is 17.2. The van der Waals surface area contributed by atoms with E-state index in [4.69, 9.17) is 4.74 Å². The lowest BCUT2D eigenvalue weighted by molar-refractivity contribution is -0.140. The molecule has 0 spiro atoms. The van der Waals surface area contributed by atoms with E-state index in [9.17, 15) is 24.6 Å². The number of aryl methyl sites for hydroxylation is 2. The number of esters is 1. The van der Waals surface area contributed by atoms with E-state index in [2.05, 4.69) is 0 Å². The van der Waals surface area contributed by atoms with Gasteiger partial charge in [0.15, 0.2) is 0 Å². The zero-order valence-corrected chi connectivity index (χ0v) is 20.3. The van der Waals surface area contributed by atoms with Crippen LogP contribution in [-0.4, -0.2) is 39.4 Å². The lowest BCUT2D eigenvalue weighted by atomic mass is 9.94. The van der Waals surface area contributed by atoms with Gasteiger partial charge in [0, 0.05) is 12.1 Å². The molecule has 0 radical (unpaired) electrons. The van der Waals surface area contributed by atoms with Gasteiger partial charge in [-0.2, -0.15) is 0 Å². The number of nitrogens with zero attached hydrogens (tertiary/aromatic N) is 1. The molecular formula is C29H27NO6. The first kappa shape index (κ1) is 24.7. The molecule has 1 unspecified atom stereocenters. The van der Waals surface area contributed by atoms with Crippen LogP contribution in [0, 0.1) is 13.8 Å². The molecule has 4 rings (SSSR count). The molecule has 0 aliphatic carbocycles. The van der Waals surface area contributed by atoms with Crippen LogP contribution in [-0.2, 0) is 20.9 Å². The predicted molar refractivity (Wildman–Crippen MR) is 134 cm³/mol. The number of ether oxygens (including phenoxy) is 1. The molecule has 1 atom stereocenters. The maximum absolute atomic E-state index is 13.2. The SMILES string of the molecule is CCOC(=O)c1ccc(CN2C(=O)C(=O)/C(=C(\O)c3ccc(C)c(C)c3)C2c2ccc(O)cc2)cc1. The third kappa shape index (κ3) is 4.73. The van der Waals surface area contributed by atoms with Gasteiger partial charge in [-0.15, -0.1) is 0 Å². The minimum atomic E-state index is -0.864. The van der Waals surface area contributed by atoms with E-state index in [0.29, 0.717) is 22.3 Å². The maximum Gasteiger partial charge on any atom is 0.338 e. The average molecular weight is 486 g/mol. The van der Waals surface area contributed by atoms with E-state index < -0.39 is 23.7 Å². The summed E-state index contributed by atoms with van der Waals surface area (Å²) in [6.07, 6.45) is 0. The lowest BCUT2D eigenvalue weighted by Crippen LogP contribution is -2.29. The number of carbonyl (C=O) groups is 3. The molecule has 1 saturated heterocycles. The van der Waals surface area contributed by atoms with Crippen molar-refractivity contribution in [1.82, 2.24) is 4.90 Å². The van der Waals surface area contributed by atoms with Gasteiger partial charge in [0.25, 0.3) is 11.7 Å². The Balaban J connectivity index is 1.77. The summed E-state index contributed by atoms with van der Waals surface area (Å²) in [4.78, 5) is 39.8. The molecule has 184 valence electrons. The Labute approximate surface area is 209 Å². The molecule has 1 heterocycles. The largest absolute Gasteiger partial charge is 0.508 e. The van der Waals surface area contributed by atoms with E-state index in [1.165, 1.54) is 17.0 Å². The summed E-state index contributed by atoms with van der Waals surface area (Å²) < 4.78 is 5.01. The molecule has 36 heavy (non-hydrogen) atoms. The number of rotatable bonds is 6. The Hall–Kier alpha value is -4.39. The van der Waals surface area contributed by atoms with Crippen LogP contribution in [0.5, 0.6) is 5.75 Å². The number of benzene rings is 3. The molecule has 3 aromatic carbocycles. The minimum Gasteiger partial charge on any atom is -0.508 e. The van der Waals surface area contributed by atoms with Crippen LogP contribution in [0.1, 0.15) is 51.1 Å². The molecule has 1 amide bonds. The van der Waals surface area contributed by atoms with Crippen LogP contribution in [0.3, 0.4) is 0 Å². The number of ketones is 1. The summed E-state index contributed by atoms with van der Waals surface area (Å²) in [5.74, 6) is -2.18. The van der Waals surface area contributed by atoms with E-state index >= 15 is 0 Å². The van der Waals surface area contributed by atoms with Crippen molar-refractivity contribution in [2.45, 2.75) is 33.4 Å². The zero-order chi connectivity index (χ0) is 26.0. The molecule has 7 heteroatoms. The highest BCUT2D eigenvalue weighted by atomic mass is 16.5. The highest BCUT2D eigenvalue weighted by Gasteiger charge is 2.46. The number of hydrogen-bond donors (Lipinski definition) is 2. The first-order valence-corrected chi connectivity index (χ1v) is 11.6. The number of Topliss-reactive ketones (excluding diaryl/α,β-unsaturated/α-hetero) is 1. The summed E-state index contributed by atoms with van der Waals surface area (Å²) in [5, 5.41) is 21.0. The number of hydrogen-bond acceptors (Lipinski definition) is 6. The number of aliphatic hydroxyl groups is 1. The van der Waals surface area contributed by atoms with Gasteiger partial charge < -0.3 is 19.8 Å². The van der Waals surface area contributed by atoms with Gasteiger partial charge in [-0.25, -0.2) is 4.79 Å². The molecule has 0 bridgehead atoms. The third-order valence-electron chi connectivity index (χ3n) is 6.35. The normalized spacial score (nSPS) is 16.9. The molecule has 2 N–H and O–H groups in total. The molecule has 3 aromatic rings. The van der Waals surface area contributed by atoms with Crippen molar-refractivity contribution in [3.05, 3.63) is 106 Å². The standard InChI is InChI=1S/C29H27NO6/c1-4-36-29(35)21-9-6-19(7-10-21)16-30-25(20-11-13-23(31)14-12-20)24(27(33)28(30)34)26(32)22-8-5-17(2)18(3)15-22/h5-15,25,31-32H,4,16H2,1-3H3/b26-24-. The highest BCUT2D eigenvalue weighted by Crippen LogP contribution is 2.40. The van der Waals surface area contributed by atoms with E-state index in [-0.39, 0.29) is 30.2 Å². The van der Waals surface area contributed by atoms with Crippen molar-refractivity contribution in [3.63, 3.8) is 0 Å². The molecule has 0 saturated carbocycles. The maximum atomic E-state index is 13.2. The molecule has 7 nitrogen and oxygen atoms in total. The average Bonchev–Trinajstić information content (AvgIpc) is 3.11. The second-order valence-corrected chi connectivity index (χ2v) is 8.73. The van der Waals surface area contributed by atoms with Gasteiger partial charge in [0.2, 0.25) is 0 Å². The Kier molecular flexibility index (Phi) is 6.92. The molecule has 0 aromatic heterocycles. The van der Waals surface area contributed by atoms with Crippen molar-refractivity contribution >= 4 is 23.4 Å². The molecule has 1 fully saturated rings. The van der Waals surface area contributed by atoms with Crippen molar-refractivity contribution in [3.8, 4) is 5.75 Å². The summed E-state index contributed by atoms with van der Waals surface area (Å²) in [5.41, 5.74) is 4.05. The van der Waals surface area contributed by atoms with Crippen LogP contribution >= 0.6 is 0 Å². The second kappa shape index (κ2) is 10.1. The van der Waals surface area contributed by atoms with Gasteiger partial charge in [-0.05, 0) is 73.4 Å². The summed E-state index contributed by atoms with van der Waals surface area (Å²) >= 11 is 0. The van der Waals surface area contributed by atoms with Crippen LogP contribution in [0.25, 0.3) is 5.76 Å². The quantitative estimate of drug-likeness (QED) is 0.225. The van der Waals surface area contributed by atoms with Crippen molar-refractivity contribution < 1.29 is 29.3 Å². The van der Waals surface area contributed by atoms with E-state index in [1.54, 1.807) is 55.5 Å². The minimum absolute atomic E-state index is 0.0166. The fourth-order valence-corrected chi connectivity index (χ4v) is 4.25. The zero-order valence-electron chi connectivity index (χ0n) is 20.3. The van der Waals surface area contributed by atoms with E-state index in [1.807, 2.05) is 19.9 Å². The second-order valence-electron chi connectivity index (χ2n) is 8.73. The summed E-state index contributed by atoms with van der Waals surface area (Å²) in [6.45, 7) is 5.91. The van der Waals surface area contributed by atoms with Gasteiger partial charge in [0.1, 0.15) is 11.5 Å². The highest BCUT2D eigenvalue weighted by molar-refractivity contribution is 6.46. The van der Waals surface area contributed by atoms with Crippen LogP contribution in [0.4, 0.5) is 0 Å². The van der Waals surface area contributed by atoms with Gasteiger partial charge in [-0.3, -0.25) is 9.59 Å². The van der Waals surface area contributed by atoms with Crippen LogP contribution < -0.4 is 0 Å². The number of amides is 1. The van der Waals surface area contributed by atoms with Gasteiger partial charge in [-0.1, -0.05) is 36.4 Å². The number of phenols is 1. The van der Waals surface area contributed by atoms with E-state index in [0.717, 1.165) is 11.1 Å². The number of aromatic hydroxyl groups is 1. The summed E-state index contributed by atoms with van der Waals surface area (Å²) in [6, 6.07) is 17.3. The third-order valence-corrected chi connectivity index (χ3v) is 6.35. The molecule has 1 aliphatic heterocycles. The van der Waals surface area contributed by atoms with Gasteiger partial charge in [0.05, 0.1) is 23.8 Å². The fourth-order valence-electron chi connectivity index (χ4n) is 4.25. The van der Waals surface area contributed by atoms with Crippen molar-refractivity contribution in [1.29, 1.82) is 0 Å². The Morgan fingerprint density at radius 3 is 2.17 bits per heavy atom. The topological polar surface area (TPSA) is 104 Å². The number of likely N-dealkylation sites (tertiary alicyclic amines) is 1. The number of aliphatic hydroxyl groups excluding tert-OH is 1. The van der Waals surface area contributed by atoms with Crippen molar-refractivity contribution in [2.24, 2.45) is 0 Å². The lowest BCUT2D eigenvalue weighted by Gasteiger charge is -2.25. The Bertz CT molecular complexity index is 1360. The van der Waals surface area contributed by atoms with Crippen LogP contribution in [0.2, 0.25) is 0 Å². The monoisotopic (exact) mass is 485 g/mol. The van der Waals surface area contributed by atoms with Crippen molar-refractivity contribution in [2.75, 3.05) is 6.61 Å². The summed E-state index contributed by atoms with van der Waals surface area (Å²) in [7, 11) is 0. The smallest absolute Gasteiger partial charge is 0.338 e. The Morgan fingerprint density at radius 1 is 0.917 bits per heavy atom.